The second-order valence-corrected chi connectivity index (χ2v) is 4.09. The third-order valence-electron chi connectivity index (χ3n) is 2.55. The van der Waals surface area contributed by atoms with Crippen LogP contribution in [0.4, 0.5) is 4.39 Å². The molecule has 0 bridgehead atoms. The van der Waals surface area contributed by atoms with Crippen LogP contribution >= 0.6 is 0 Å². The van der Waals surface area contributed by atoms with Gasteiger partial charge in [-0.25, -0.2) is 4.39 Å². The number of benzene rings is 1. The molecule has 1 aromatic rings. The van der Waals surface area contributed by atoms with E-state index in [0.717, 1.165) is 0 Å². The molecule has 0 radical (unpaired) electrons. The molecule has 2 amide bonds. The highest BCUT2D eigenvalue weighted by Gasteiger charge is 2.18. The van der Waals surface area contributed by atoms with Crippen LogP contribution < -0.4 is 16.8 Å². The van der Waals surface area contributed by atoms with Crippen LogP contribution in [-0.2, 0) is 4.79 Å². The number of nitrogens with one attached hydrogen (secondary N) is 1. The number of carbonyl (C=O) groups excluding carboxylic acids is 2. The summed E-state index contributed by atoms with van der Waals surface area (Å²) in [5.41, 5.74) is 10.8. The lowest BCUT2D eigenvalue weighted by molar-refractivity contribution is -0.119. The highest BCUT2D eigenvalue weighted by molar-refractivity contribution is 5.97. The predicted molar refractivity (Wildman–Crippen MR) is 74.0 cm³/mol. The molecule has 0 aliphatic heterocycles. The highest BCUT2D eigenvalue weighted by atomic mass is 19.1. The van der Waals surface area contributed by atoms with Crippen LogP contribution in [0, 0.1) is 0 Å². The standard InChI is InChI=1S/C13H17FN4O2/c14-8-11(15)17-7-6-10(12(16)19)18-13(20)9-4-2-1-3-5-9/h1-5,10H,6-8H2,(H2,15,17)(H2,16,19)(H,18,20). The first-order valence-corrected chi connectivity index (χ1v) is 6.04. The van der Waals surface area contributed by atoms with Gasteiger partial charge in [-0.3, -0.25) is 14.6 Å². The maximum atomic E-state index is 12.1. The number of nitrogens with two attached hydrogens (primary N) is 2. The Balaban J connectivity index is 2.59. The zero-order chi connectivity index (χ0) is 15.0. The van der Waals surface area contributed by atoms with Gasteiger partial charge in [-0.1, -0.05) is 18.2 Å². The molecule has 0 spiro atoms. The molecule has 6 nitrogen and oxygen atoms in total. The SMILES string of the molecule is NC(=O)C(CCN=C(N)CF)NC(=O)c1ccccc1. The van der Waals surface area contributed by atoms with E-state index in [-0.39, 0.29) is 18.8 Å². The summed E-state index contributed by atoms with van der Waals surface area (Å²) in [6.07, 6.45) is 0.161. The van der Waals surface area contributed by atoms with Crippen LogP contribution in [0.3, 0.4) is 0 Å². The summed E-state index contributed by atoms with van der Waals surface area (Å²) in [5, 5.41) is 2.51. The van der Waals surface area contributed by atoms with Gasteiger partial charge in [0, 0.05) is 12.1 Å². The van der Waals surface area contributed by atoms with E-state index in [1.807, 2.05) is 0 Å². The largest absolute Gasteiger partial charge is 0.385 e. The molecule has 0 aliphatic rings. The first-order valence-electron chi connectivity index (χ1n) is 6.04. The Morgan fingerprint density at radius 2 is 1.90 bits per heavy atom. The number of halogens is 1. The molecule has 0 fully saturated rings. The Hall–Kier alpha value is -2.44. The van der Waals surface area contributed by atoms with Crippen LogP contribution in [0.15, 0.2) is 35.3 Å². The number of amides is 2. The van der Waals surface area contributed by atoms with Crippen LogP contribution in [0.25, 0.3) is 0 Å². The topological polar surface area (TPSA) is 111 Å². The summed E-state index contributed by atoms with van der Waals surface area (Å²) in [6.45, 7) is -0.740. The van der Waals surface area contributed by atoms with Crippen molar-refractivity contribution in [3.63, 3.8) is 0 Å². The zero-order valence-electron chi connectivity index (χ0n) is 10.9. The van der Waals surface area contributed by atoms with E-state index in [1.54, 1.807) is 30.3 Å². The molecule has 108 valence electrons. The third-order valence-corrected chi connectivity index (χ3v) is 2.55. The second-order valence-electron chi connectivity index (χ2n) is 4.09. The van der Waals surface area contributed by atoms with Crippen LogP contribution in [0.1, 0.15) is 16.8 Å². The molecule has 0 aromatic heterocycles. The van der Waals surface area contributed by atoms with Crippen LogP contribution in [0.2, 0.25) is 0 Å². The van der Waals surface area contributed by atoms with Crippen molar-refractivity contribution in [1.82, 2.24) is 5.32 Å². The quantitative estimate of drug-likeness (QED) is 0.482. The number of amidine groups is 1. The van der Waals surface area contributed by atoms with E-state index >= 15 is 0 Å². The average molecular weight is 280 g/mol. The lowest BCUT2D eigenvalue weighted by atomic mass is 10.1. The molecule has 0 heterocycles. The van der Waals surface area contributed by atoms with Crippen molar-refractivity contribution in [3.8, 4) is 0 Å². The molecule has 20 heavy (non-hydrogen) atoms. The van der Waals surface area contributed by atoms with Gasteiger partial charge in [0.25, 0.3) is 5.91 Å². The Morgan fingerprint density at radius 1 is 1.25 bits per heavy atom. The van der Waals surface area contributed by atoms with Crippen molar-refractivity contribution < 1.29 is 14.0 Å². The molecular weight excluding hydrogens is 263 g/mol. The number of alkyl halides is 1. The van der Waals surface area contributed by atoms with Gasteiger partial charge in [-0.05, 0) is 18.6 Å². The molecule has 5 N–H and O–H groups in total. The maximum Gasteiger partial charge on any atom is 0.251 e. The minimum Gasteiger partial charge on any atom is -0.385 e. The van der Waals surface area contributed by atoms with Crippen molar-refractivity contribution in [2.45, 2.75) is 12.5 Å². The molecule has 0 saturated carbocycles. The van der Waals surface area contributed by atoms with Gasteiger partial charge in [0.2, 0.25) is 5.91 Å². The Kier molecular flexibility index (Phi) is 6.15. The third kappa shape index (κ3) is 5.05. The summed E-state index contributed by atoms with van der Waals surface area (Å²) < 4.78 is 12.1. The lowest BCUT2D eigenvalue weighted by Crippen LogP contribution is -2.44. The molecule has 1 aromatic carbocycles. The second kappa shape index (κ2) is 7.88. The summed E-state index contributed by atoms with van der Waals surface area (Å²) in [7, 11) is 0. The zero-order valence-corrected chi connectivity index (χ0v) is 10.9. The normalized spacial score (nSPS) is 12.8. The minimum atomic E-state index is -0.876. The van der Waals surface area contributed by atoms with Crippen molar-refractivity contribution in [2.75, 3.05) is 13.2 Å². The number of primary amides is 1. The monoisotopic (exact) mass is 280 g/mol. The molecule has 0 aliphatic carbocycles. The van der Waals surface area contributed by atoms with E-state index in [4.69, 9.17) is 11.5 Å². The number of aliphatic imine (C=N–C) groups is 1. The summed E-state index contributed by atoms with van der Waals surface area (Å²) in [6, 6.07) is 7.55. The summed E-state index contributed by atoms with van der Waals surface area (Å²) in [5.74, 6) is -1.23. The minimum absolute atomic E-state index is 0.110. The van der Waals surface area contributed by atoms with Crippen molar-refractivity contribution >= 4 is 17.6 Å². The van der Waals surface area contributed by atoms with Crippen molar-refractivity contribution in [3.05, 3.63) is 35.9 Å². The van der Waals surface area contributed by atoms with E-state index in [1.165, 1.54) is 0 Å². The van der Waals surface area contributed by atoms with E-state index in [9.17, 15) is 14.0 Å². The van der Waals surface area contributed by atoms with E-state index in [0.29, 0.717) is 5.56 Å². The number of nitrogens with zero attached hydrogens (tertiary/aromatic N) is 1. The molecular formula is C13H17FN4O2. The van der Waals surface area contributed by atoms with Gasteiger partial charge < -0.3 is 16.8 Å². The van der Waals surface area contributed by atoms with Gasteiger partial charge in [-0.2, -0.15) is 0 Å². The van der Waals surface area contributed by atoms with Gasteiger partial charge >= 0.3 is 0 Å². The van der Waals surface area contributed by atoms with Crippen molar-refractivity contribution in [1.29, 1.82) is 0 Å². The number of rotatable bonds is 7. The fraction of sp³-hybridized carbons (Fsp3) is 0.308. The average Bonchev–Trinajstić information content (AvgIpc) is 2.46. The van der Waals surface area contributed by atoms with E-state index < -0.39 is 24.5 Å². The smallest absolute Gasteiger partial charge is 0.251 e. The summed E-state index contributed by atoms with van der Waals surface area (Å²) in [4.78, 5) is 26.8. The molecule has 7 heteroatoms. The first kappa shape index (κ1) is 15.6. The maximum absolute atomic E-state index is 12.1. The van der Waals surface area contributed by atoms with Crippen molar-refractivity contribution in [2.24, 2.45) is 16.5 Å². The molecule has 0 saturated heterocycles. The first-order chi connectivity index (χ1) is 9.54. The number of hydrogen-bond acceptors (Lipinski definition) is 3. The number of carbonyl (C=O) groups is 2. The van der Waals surface area contributed by atoms with Gasteiger partial charge in [0.1, 0.15) is 18.6 Å². The molecule has 1 atom stereocenters. The van der Waals surface area contributed by atoms with Crippen LogP contribution in [0.5, 0.6) is 0 Å². The Morgan fingerprint density at radius 3 is 2.45 bits per heavy atom. The Labute approximate surface area is 116 Å². The van der Waals surface area contributed by atoms with Gasteiger partial charge in [0.15, 0.2) is 0 Å². The predicted octanol–water partition coefficient (Wildman–Crippen LogP) is -0.0129. The molecule has 1 rings (SSSR count). The fourth-order valence-corrected chi connectivity index (χ4v) is 1.50. The van der Waals surface area contributed by atoms with Gasteiger partial charge in [0.05, 0.1) is 0 Å². The van der Waals surface area contributed by atoms with Crippen LogP contribution in [-0.4, -0.2) is 36.9 Å². The fourth-order valence-electron chi connectivity index (χ4n) is 1.50. The van der Waals surface area contributed by atoms with E-state index in [2.05, 4.69) is 10.3 Å². The Bertz CT molecular complexity index is 490. The number of hydrogen-bond donors (Lipinski definition) is 3. The summed E-state index contributed by atoms with van der Waals surface area (Å²) >= 11 is 0. The highest BCUT2D eigenvalue weighted by Crippen LogP contribution is 2.00. The lowest BCUT2D eigenvalue weighted by Gasteiger charge is -2.14. The van der Waals surface area contributed by atoms with Gasteiger partial charge in [-0.15, -0.1) is 0 Å². The molecule has 1 unspecified atom stereocenters.